The van der Waals surface area contributed by atoms with E-state index in [2.05, 4.69) is 25.8 Å². The van der Waals surface area contributed by atoms with Crippen LogP contribution in [0.3, 0.4) is 0 Å². The number of hydrogen-bond acceptors (Lipinski definition) is 1. The van der Waals surface area contributed by atoms with Gasteiger partial charge in [-0.3, -0.25) is 4.99 Å². The molecular formula is C10H17N. The van der Waals surface area contributed by atoms with Crippen molar-refractivity contribution in [3.8, 4) is 0 Å². The van der Waals surface area contributed by atoms with E-state index in [1.54, 1.807) is 0 Å². The van der Waals surface area contributed by atoms with Crippen molar-refractivity contribution < 1.29 is 0 Å². The molecule has 0 amide bonds. The van der Waals surface area contributed by atoms with Crippen molar-refractivity contribution in [2.75, 3.05) is 0 Å². The average Bonchev–Trinajstić information content (AvgIpc) is 1.99. The van der Waals surface area contributed by atoms with E-state index in [1.807, 2.05) is 12.4 Å². The zero-order valence-electron chi connectivity index (χ0n) is 7.67. The smallest absolute Gasteiger partial charge is 0.0258 e. The zero-order valence-corrected chi connectivity index (χ0v) is 7.67. The van der Waals surface area contributed by atoms with Crippen LogP contribution in [-0.2, 0) is 0 Å². The molecule has 2 unspecified atom stereocenters. The Labute approximate surface area is 69.2 Å². The molecule has 0 N–H and O–H groups in total. The first-order chi connectivity index (χ1) is 5.25. The van der Waals surface area contributed by atoms with Gasteiger partial charge in [0.2, 0.25) is 0 Å². The molecule has 0 fully saturated rings. The van der Waals surface area contributed by atoms with Gasteiger partial charge in [-0.2, -0.15) is 0 Å². The van der Waals surface area contributed by atoms with E-state index in [1.165, 1.54) is 18.4 Å². The van der Waals surface area contributed by atoms with Gasteiger partial charge in [0.15, 0.2) is 0 Å². The summed E-state index contributed by atoms with van der Waals surface area (Å²) in [6, 6.07) is 0. The van der Waals surface area contributed by atoms with Crippen molar-refractivity contribution in [2.45, 2.75) is 33.6 Å². The lowest BCUT2D eigenvalue weighted by atomic mass is 9.86. The van der Waals surface area contributed by atoms with Gasteiger partial charge in [-0.15, -0.1) is 0 Å². The lowest BCUT2D eigenvalue weighted by Crippen LogP contribution is -2.14. The molecule has 11 heavy (non-hydrogen) atoms. The van der Waals surface area contributed by atoms with Crippen molar-refractivity contribution in [2.24, 2.45) is 16.8 Å². The maximum Gasteiger partial charge on any atom is 0.0258 e. The van der Waals surface area contributed by atoms with Gasteiger partial charge in [0.05, 0.1) is 0 Å². The second-order valence-electron chi connectivity index (χ2n) is 3.40. The minimum absolute atomic E-state index is 0.626. The maximum atomic E-state index is 4.22. The van der Waals surface area contributed by atoms with E-state index < -0.39 is 0 Å². The molecule has 0 aliphatic carbocycles. The summed E-state index contributed by atoms with van der Waals surface area (Å²) < 4.78 is 0. The number of aliphatic imine (C=N–C) groups is 1. The van der Waals surface area contributed by atoms with Crippen LogP contribution in [0.2, 0.25) is 0 Å². The molecule has 0 aromatic heterocycles. The highest BCUT2D eigenvalue weighted by Gasteiger charge is 2.16. The fourth-order valence-electron chi connectivity index (χ4n) is 1.44. The van der Waals surface area contributed by atoms with Gasteiger partial charge >= 0.3 is 0 Å². The van der Waals surface area contributed by atoms with Crippen molar-refractivity contribution >= 4 is 6.21 Å². The van der Waals surface area contributed by atoms with E-state index in [0.717, 1.165) is 0 Å². The quantitative estimate of drug-likeness (QED) is 0.575. The Bertz CT molecular complexity index is 179. The molecule has 0 bridgehead atoms. The summed E-state index contributed by atoms with van der Waals surface area (Å²) in [5, 5.41) is 0. The highest BCUT2D eigenvalue weighted by Crippen LogP contribution is 2.25. The fraction of sp³-hybridized carbons (Fsp3) is 0.700. The molecule has 1 heterocycles. The van der Waals surface area contributed by atoms with Crippen LogP contribution in [0.1, 0.15) is 33.6 Å². The highest BCUT2D eigenvalue weighted by atomic mass is 14.7. The molecule has 62 valence electrons. The highest BCUT2D eigenvalue weighted by molar-refractivity contribution is 5.63. The molecule has 1 aliphatic rings. The molecule has 0 radical (unpaired) electrons. The molecule has 0 saturated heterocycles. The molecule has 1 nitrogen and oxygen atoms in total. The van der Waals surface area contributed by atoms with Crippen molar-refractivity contribution in [3.05, 3.63) is 11.8 Å². The van der Waals surface area contributed by atoms with Gasteiger partial charge in [0, 0.05) is 12.4 Å². The summed E-state index contributed by atoms with van der Waals surface area (Å²) in [5.74, 6) is 1.33. The molecule has 1 aliphatic heterocycles. The van der Waals surface area contributed by atoms with Gasteiger partial charge in [0.1, 0.15) is 0 Å². The van der Waals surface area contributed by atoms with Crippen molar-refractivity contribution in [3.63, 3.8) is 0 Å². The lowest BCUT2D eigenvalue weighted by Gasteiger charge is -2.21. The molecule has 0 saturated carbocycles. The SMILES string of the molecule is CCCC1=CN=CC(C)C1C. The molecule has 0 aromatic carbocycles. The Balaban J connectivity index is 2.62. The third-order valence-electron chi connectivity index (χ3n) is 2.47. The Kier molecular flexibility index (Phi) is 2.86. The van der Waals surface area contributed by atoms with Crippen molar-refractivity contribution in [1.29, 1.82) is 0 Å². The van der Waals surface area contributed by atoms with Gasteiger partial charge in [0.25, 0.3) is 0 Å². The van der Waals surface area contributed by atoms with Gasteiger partial charge < -0.3 is 0 Å². The van der Waals surface area contributed by atoms with Gasteiger partial charge in [-0.05, 0) is 23.8 Å². The minimum Gasteiger partial charge on any atom is -0.269 e. The largest absolute Gasteiger partial charge is 0.269 e. The Morgan fingerprint density at radius 2 is 2.18 bits per heavy atom. The number of allylic oxidation sites excluding steroid dienone is 1. The van der Waals surface area contributed by atoms with E-state index in [9.17, 15) is 0 Å². The number of rotatable bonds is 2. The molecule has 1 rings (SSSR count). The van der Waals surface area contributed by atoms with Crippen LogP contribution in [0.15, 0.2) is 16.8 Å². The molecule has 2 atom stereocenters. The van der Waals surface area contributed by atoms with Crippen LogP contribution >= 0.6 is 0 Å². The average molecular weight is 151 g/mol. The van der Waals surface area contributed by atoms with Gasteiger partial charge in [-0.25, -0.2) is 0 Å². The zero-order chi connectivity index (χ0) is 8.27. The topological polar surface area (TPSA) is 12.4 Å². The standard InChI is InChI=1S/C10H17N/c1-4-5-10-7-11-6-8(2)9(10)3/h6-9H,4-5H2,1-3H3. The van der Waals surface area contributed by atoms with Crippen LogP contribution in [-0.4, -0.2) is 6.21 Å². The molecule has 0 aromatic rings. The third-order valence-corrected chi connectivity index (χ3v) is 2.47. The van der Waals surface area contributed by atoms with E-state index in [4.69, 9.17) is 0 Å². The first kappa shape index (κ1) is 8.51. The van der Waals surface area contributed by atoms with E-state index in [0.29, 0.717) is 11.8 Å². The summed E-state index contributed by atoms with van der Waals surface area (Å²) in [5.41, 5.74) is 1.52. The summed E-state index contributed by atoms with van der Waals surface area (Å²) in [4.78, 5) is 4.22. The lowest BCUT2D eigenvalue weighted by molar-refractivity contribution is 0.534. The summed E-state index contributed by atoms with van der Waals surface area (Å²) in [6.45, 7) is 6.74. The predicted molar refractivity (Wildman–Crippen MR) is 49.8 cm³/mol. The van der Waals surface area contributed by atoms with Crippen LogP contribution in [0.25, 0.3) is 0 Å². The first-order valence-electron chi connectivity index (χ1n) is 4.48. The fourth-order valence-corrected chi connectivity index (χ4v) is 1.44. The van der Waals surface area contributed by atoms with Crippen LogP contribution in [0.5, 0.6) is 0 Å². The summed E-state index contributed by atoms with van der Waals surface area (Å²) in [7, 11) is 0. The van der Waals surface area contributed by atoms with Gasteiger partial charge in [-0.1, -0.05) is 27.2 Å². The Hall–Kier alpha value is -0.590. The van der Waals surface area contributed by atoms with Crippen LogP contribution < -0.4 is 0 Å². The van der Waals surface area contributed by atoms with Crippen LogP contribution in [0.4, 0.5) is 0 Å². The van der Waals surface area contributed by atoms with E-state index in [-0.39, 0.29) is 0 Å². The second kappa shape index (κ2) is 3.70. The third kappa shape index (κ3) is 1.92. The van der Waals surface area contributed by atoms with Crippen LogP contribution in [0, 0.1) is 11.8 Å². The monoisotopic (exact) mass is 151 g/mol. The maximum absolute atomic E-state index is 4.22. The molecule has 0 spiro atoms. The predicted octanol–water partition coefficient (Wildman–Crippen LogP) is 3.03. The number of hydrogen-bond donors (Lipinski definition) is 0. The van der Waals surface area contributed by atoms with Crippen molar-refractivity contribution in [1.82, 2.24) is 0 Å². The second-order valence-corrected chi connectivity index (χ2v) is 3.40. The van der Waals surface area contributed by atoms with E-state index >= 15 is 0 Å². The summed E-state index contributed by atoms with van der Waals surface area (Å²) in [6.07, 6.45) is 6.53. The molecule has 1 heteroatoms. The Morgan fingerprint density at radius 3 is 2.82 bits per heavy atom. The first-order valence-corrected chi connectivity index (χ1v) is 4.48. The molecular weight excluding hydrogens is 134 g/mol. The normalized spacial score (nSPS) is 30.3. The Morgan fingerprint density at radius 1 is 1.45 bits per heavy atom. The minimum atomic E-state index is 0.626. The number of nitrogens with zero attached hydrogens (tertiary/aromatic N) is 1. The summed E-state index contributed by atoms with van der Waals surface area (Å²) >= 11 is 0.